The van der Waals surface area contributed by atoms with E-state index < -0.39 is 0 Å². The maximum Gasteiger partial charge on any atom is 0.126 e. The van der Waals surface area contributed by atoms with Crippen LogP contribution in [0.4, 0.5) is 0 Å². The van der Waals surface area contributed by atoms with Crippen LogP contribution in [-0.2, 0) is 0 Å². The highest BCUT2D eigenvalue weighted by molar-refractivity contribution is 5.80. The van der Waals surface area contributed by atoms with E-state index in [1.807, 2.05) is 38.3 Å². The summed E-state index contributed by atoms with van der Waals surface area (Å²) in [5.74, 6) is 1.01. The van der Waals surface area contributed by atoms with Crippen LogP contribution in [0.25, 0.3) is 0 Å². The Balaban J connectivity index is 2.70. The van der Waals surface area contributed by atoms with Gasteiger partial charge in [-0.25, -0.2) is 0 Å². The van der Waals surface area contributed by atoms with E-state index in [1.54, 1.807) is 5.01 Å². The fourth-order valence-corrected chi connectivity index (χ4v) is 0.637. The van der Waals surface area contributed by atoms with Gasteiger partial charge in [0, 0.05) is 26.5 Å². The molecule has 0 saturated heterocycles. The van der Waals surface area contributed by atoms with Crippen molar-refractivity contribution in [2.24, 2.45) is 5.10 Å². The first-order valence-corrected chi connectivity index (χ1v) is 2.89. The van der Waals surface area contributed by atoms with Crippen LogP contribution in [0, 0.1) is 0 Å². The van der Waals surface area contributed by atoms with Crippen LogP contribution < -0.4 is 0 Å². The first-order chi connectivity index (χ1) is 4.20. The van der Waals surface area contributed by atoms with Crippen LogP contribution in [0.5, 0.6) is 0 Å². The van der Waals surface area contributed by atoms with Gasteiger partial charge in [0.2, 0.25) is 0 Å². The molecule has 1 rings (SSSR count). The molecule has 0 spiro atoms. The molecule has 0 amide bonds. The maximum atomic E-state index is 4.15. The number of hydrazone groups is 1. The molecule has 0 aromatic heterocycles. The van der Waals surface area contributed by atoms with Gasteiger partial charge in [-0.05, 0) is 6.92 Å². The van der Waals surface area contributed by atoms with Crippen LogP contribution in [-0.4, -0.2) is 29.8 Å². The Bertz CT molecular complexity index is 160. The summed E-state index contributed by atoms with van der Waals surface area (Å²) in [6.07, 6.45) is 3.88. The lowest BCUT2D eigenvalue weighted by molar-refractivity contribution is 0.444. The molecule has 0 N–H and O–H groups in total. The van der Waals surface area contributed by atoms with Crippen molar-refractivity contribution in [3.63, 3.8) is 0 Å². The van der Waals surface area contributed by atoms with Crippen molar-refractivity contribution in [3.8, 4) is 0 Å². The van der Waals surface area contributed by atoms with E-state index in [2.05, 4.69) is 5.10 Å². The Kier molecular flexibility index (Phi) is 1.42. The van der Waals surface area contributed by atoms with Crippen molar-refractivity contribution < 1.29 is 0 Å². The predicted molar refractivity (Wildman–Crippen MR) is 37.8 cm³/mol. The van der Waals surface area contributed by atoms with Gasteiger partial charge < -0.3 is 4.90 Å². The van der Waals surface area contributed by atoms with Crippen molar-refractivity contribution in [1.29, 1.82) is 0 Å². The fourth-order valence-electron chi connectivity index (χ4n) is 0.637. The van der Waals surface area contributed by atoms with Crippen molar-refractivity contribution >= 4 is 5.84 Å². The van der Waals surface area contributed by atoms with Gasteiger partial charge in [0.15, 0.2) is 0 Å². The van der Waals surface area contributed by atoms with Gasteiger partial charge in [-0.15, -0.1) is 0 Å². The van der Waals surface area contributed by atoms with E-state index >= 15 is 0 Å². The van der Waals surface area contributed by atoms with Gasteiger partial charge in [-0.2, -0.15) is 5.10 Å². The van der Waals surface area contributed by atoms with Gasteiger partial charge in [0.1, 0.15) is 5.84 Å². The zero-order chi connectivity index (χ0) is 6.85. The molecule has 1 heterocycles. The molecule has 3 heteroatoms. The third kappa shape index (κ3) is 1.22. The molecular weight excluding hydrogens is 114 g/mol. The number of amidine groups is 1. The van der Waals surface area contributed by atoms with E-state index in [1.165, 1.54) is 0 Å². The van der Waals surface area contributed by atoms with Crippen molar-refractivity contribution in [1.82, 2.24) is 9.91 Å². The van der Waals surface area contributed by atoms with E-state index in [0.29, 0.717) is 0 Å². The first kappa shape index (κ1) is 6.13. The van der Waals surface area contributed by atoms with Crippen LogP contribution >= 0.6 is 0 Å². The first-order valence-electron chi connectivity index (χ1n) is 2.89. The number of nitrogens with zero attached hydrogens (tertiary/aromatic N) is 3. The number of hydrogen-bond acceptors (Lipinski definition) is 3. The highest BCUT2D eigenvalue weighted by Gasteiger charge is 2.01. The van der Waals surface area contributed by atoms with Crippen LogP contribution in [0.2, 0.25) is 0 Å². The Morgan fingerprint density at radius 2 is 2.00 bits per heavy atom. The third-order valence-electron chi connectivity index (χ3n) is 1.32. The summed E-state index contributed by atoms with van der Waals surface area (Å²) in [7, 11) is 3.88. The van der Waals surface area contributed by atoms with Gasteiger partial charge in [0.25, 0.3) is 0 Å². The molecule has 0 atom stereocenters. The second-order valence-electron chi connectivity index (χ2n) is 2.13. The zero-order valence-corrected chi connectivity index (χ0v) is 6.00. The van der Waals surface area contributed by atoms with E-state index in [0.717, 1.165) is 5.84 Å². The Morgan fingerprint density at radius 1 is 1.33 bits per heavy atom. The summed E-state index contributed by atoms with van der Waals surface area (Å²) < 4.78 is 0. The second-order valence-corrected chi connectivity index (χ2v) is 2.13. The summed E-state index contributed by atoms with van der Waals surface area (Å²) in [6, 6.07) is 0. The van der Waals surface area contributed by atoms with E-state index in [9.17, 15) is 0 Å². The molecule has 1 aliphatic heterocycles. The SMILES string of the molecule is CC1=NN(C)C=CN1C. The summed E-state index contributed by atoms with van der Waals surface area (Å²) in [4.78, 5) is 1.97. The smallest absolute Gasteiger partial charge is 0.126 e. The summed E-state index contributed by atoms with van der Waals surface area (Å²) >= 11 is 0. The minimum atomic E-state index is 1.01. The minimum Gasteiger partial charge on any atom is -0.337 e. The Morgan fingerprint density at radius 3 is 2.44 bits per heavy atom. The van der Waals surface area contributed by atoms with Gasteiger partial charge in [-0.1, -0.05) is 0 Å². The normalized spacial score (nSPS) is 18.3. The monoisotopic (exact) mass is 125 g/mol. The van der Waals surface area contributed by atoms with Crippen molar-refractivity contribution in [2.45, 2.75) is 6.92 Å². The lowest BCUT2D eigenvalue weighted by Crippen LogP contribution is -2.25. The minimum absolute atomic E-state index is 1.01. The summed E-state index contributed by atoms with van der Waals surface area (Å²) in [6.45, 7) is 1.97. The van der Waals surface area contributed by atoms with E-state index in [4.69, 9.17) is 0 Å². The molecule has 0 saturated carbocycles. The van der Waals surface area contributed by atoms with Crippen LogP contribution in [0.15, 0.2) is 17.5 Å². The quantitative estimate of drug-likeness (QED) is 0.474. The molecular formula is C6H11N3. The van der Waals surface area contributed by atoms with Crippen LogP contribution in [0.1, 0.15) is 6.92 Å². The highest BCUT2D eigenvalue weighted by atomic mass is 15.5. The third-order valence-corrected chi connectivity index (χ3v) is 1.32. The second kappa shape index (κ2) is 2.09. The number of rotatable bonds is 0. The number of hydrogen-bond donors (Lipinski definition) is 0. The maximum absolute atomic E-state index is 4.15. The Labute approximate surface area is 55.3 Å². The molecule has 0 bridgehead atoms. The highest BCUT2D eigenvalue weighted by Crippen LogP contribution is 1.99. The molecule has 1 aliphatic rings. The largest absolute Gasteiger partial charge is 0.337 e. The van der Waals surface area contributed by atoms with Crippen LogP contribution in [0.3, 0.4) is 0 Å². The lowest BCUT2D eigenvalue weighted by atomic mass is 10.5. The summed E-state index contributed by atoms with van der Waals surface area (Å²) in [5, 5.41) is 5.94. The fraction of sp³-hybridized carbons (Fsp3) is 0.500. The molecule has 0 fully saturated rings. The van der Waals surface area contributed by atoms with E-state index in [-0.39, 0.29) is 0 Å². The average Bonchev–Trinajstić information content (AvgIpc) is 1.80. The van der Waals surface area contributed by atoms with Gasteiger partial charge >= 0.3 is 0 Å². The molecule has 0 aromatic rings. The van der Waals surface area contributed by atoms with Crippen molar-refractivity contribution in [3.05, 3.63) is 12.4 Å². The van der Waals surface area contributed by atoms with Gasteiger partial charge in [0.05, 0.1) is 0 Å². The molecule has 0 unspecified atom stereocenters. The molecule has 9 heavy (non-hydrogen) atoms. The molecule has 0 aromatic carbocycles. The molecule has 0 aliphatic carbocycles. The predicted octanol–water partition coefficient (Wildman–Crippen LogP) is 0.668. The summed E-state index contributed by atoms with van der Waals surface area (Å²) in [5.41, 5.74) is 0. The van der Waals surface area contributed by atoms with Gasteiger partial charge in [-0.3, -0.25) is 5.01 Å². The molecule has 50 valence electrons. The standard InChI is InChI=1S/C6H11N3/c1-6-7-9(3)5-4-8(6)2/h4-5H,1-3H3. The molecule has 0 radical (unpaired) electrons. The zero-order valence-electron chi connectivity index (χ0n) is 6.00. The average molecular weight is 125 g/mol. The van der Waals surface area contributed by atoms with Crippen molar-refractivity contribution in [2.75, 3.05) is 14.1 Å². The topological polar surface area (TPSA) is 18.8 Å². The lowest BCUT2D eigenvalue weighted by Gasteiger charge is -2.21. The molecule has 3 nitrogen and oxygen atoms in total. The Hall–Kier alpha value is -0.990.